The fourth-order valence-electron chi connectivity index (χ4n) is 1.08. The van der Waals surface area contributed by atoms with Crippen LogP contribution in [0.5, 0.6) is 0 Å². The largest absolute Gasteiger partial charge is 0.390 e. The molecule has 2 nitrogen and oxygen atoms in total. The molecule has 3 atom stereocenters. The molecule has 9 heavy (non-hydrogen) atoms. The number of ether oxygens (including phenoxy) is 1. The minimum atomic E-state index is -0.225. The zero-order valence-corrected chi connectivity index (χ0v) is 7.54. The first-order chi connectivity index (χ1) is 4.24. The molecule has 0 aromatic heterocycles. The molecule has 1 N–H and O–H groups in total. The highest BCUT2D eigenvalue weighted by Crippen LogP contribution is 2.20. The Morgan fingerprint density at radius 1 is 1.78 bits per heavy atom. The molecule has 54 valence electrons. The minimum absolute atomic E-state index is 0.0839. The molecule has 0 unspecified atom stereocenters. The molecule has 3 heteroatoms. The Morgan fingerprint density at radius 2 is 2.44 bits per heavy atom. The van der Waals surface area contributed by atoms with Crippen molar-refractivity contribution in [2.45, 2.75) is 31.7 Å². The van der Waals surface area contributed by atoms with Gasteiger partial charge in [0, 0.05) is 10.8 Å². The summed E-state index contributed by atoms with van der Waals surface area (Å²) in [6.45, 7) is 2.00. The lowest BCUT2D eigenvalue weighted by Gasteiger charge is -2.08. The van der Waals surface area contributed by atoms with Crippen molar-refractivity contribution < 1.29 is 9.84 Å². The first-order valence-corrected chi connectivity index (χ1v) is 4.66. The predicted octanol–water partition coefficient (Wildman–Crippen LogP) is 0.960. The molecule has 0 aromatic carbocycles. The second-order valence-electron chi connectivity index (χ2n) is 2.44. The number of halogens is 1. The Kier molecular flexibility index (Phi) is 2.73. The quantitative estimate of drug-likeness (QED) is 0.548. The summed E-state index contributed by atoms with van der Waals surface area (Å²) in [5.41, 5.74) is 0. The summed E-state index contributed by atoms with van der Waals surface area (Å²) >= 11 is 2.23. The maximum atomic E-state index is 9.23. The lowest BCUT2D eigenvalue weighted by Crippen LogP contribution is -2.21. The van der Waals surface area contributed by atoms with Crippen LogP contribution in [0, 0.1) is 0 Å². The topological polar surface area (TPSA) is 29.5 Å². The molecule has 0 aliphatic carbocycles. The van der Waals surface area contributed by atoms with Gasteiger partial charge in [-0.3, -0.25) is 0 Å². The summed E-state index contributed by atoms with van der Waals surface area (Å²) < 4.78 is 6.26. The van der Waals surface area contributed by atoms with Gasteiger partial charge >= 0.3 is 0 Å². The van der Waals surface area contributed by atoms with Crippen molar-refractivity contribution in [3.8, 4) is 0 Å². The third kappa shape index (κ3) is 1.78. The lowest BCUT2D eigenvalue weighted by molar-refractivity contribution is 0.0335. The molecule has 1 rings (SSSR count). The molecule has 0 amide bonds. The van der Waals surface area contributed by atoms with Gasteiger partial charge in [-0.25, -0.2) is 0 Å². The van der Waals surface area contributed by atoms with Gasteiger partial charge in [-0.05, 0) is 6.92 Å². The van der Waals surface area contributed by atoms with Crippen molar-refractivity contribution in [2.24, 2.45) is 0 Å². The molecule has 1 saturated heterocycles. The molecule has 1 aliphatic heterocycles. The van der Waals surface area contributed by atoms with Crippen LogP contribution in [0.1, 0.15) is 13.3 Å². The van der Waals surface area contributed by atoms with Crippen LogP contribution in [0.25, 0.3) is 0 Å². The third-order valence-electron chi connectivity index (χ3n) is 1.56. The van der Waals surface area contributed by atoms with Crippen molar-refractivity contribution in [3.63, 3.8) is 0 Å². The predicted molar refractivity (Wildman–Crippen MR) is 43.8 cm³/mol. The van der Waals surface area contributed by atoms with Crippen LogP contribution in [0.4, 0.5) is 0 Å². The fourth-order valence-corrected chi connectivity index (χ4v) is 1.87. The Bertz CT molecular complexity index is 97.1. The van der Waals surface area contributed by atoms with E-state index in [-0.39, 0.29) is 18.3 Å². The molecule has 0 aromatic rings. The third-order valence-corrected chi connectivity index (χ3v) is 2.43. The molecule has 0 spiro atoms. The van der Waals surface area contributed by atoms with Gasteiger partial charge in [0.2, 0.25) is 0 Å². The Balaban J connectivity index is 2.38. The van der Waals surface area contributed by atoms with Gasteiger partial charge in [0.25, 0.3) is 0 Å². The first-order valence-electron chi connectivity index (χ1n) is 3.13. The van der Waals surface area contributed by atoms with E-state index < -0.39 is 0 Å². The van der Waals surface area contributed by atoms with Crippen molar-refractivity contribution in [2.75, 3.05) is 4.43 Å². The van der Waals surface area contributed by atoms with Gasteiger partial charge in [-0.15, -0.1) is 0 Å². The van der Waals surface area contributed by atoms with Crippen LogP contribution in [0.15, 0.2) is 0 Å². The maximum Gasteiger partial charge on any atom is 0.0927 e. The summed E-state index contributed by atoms with van der Waals surface area (Å²) in [6.07, 6.45) is 0.908. The van der Waals surface area contributed by atoms with Crippen LogP contribution in [-0.2, 0) is 4.74 Å². The molecule has 1 heterocycles. The molecule has 1 fully saturated rings. The van der Waals surface area contributed by atoms with Gasteiger partial charge in [0.15, 0.2) is 0 Å². The van der Waals surface area contributed by atoms with Gasteiger partial charge in [-0.1, -0.05) is 22.6 Å². The second-order valence-corrected chi connectivity index (χ2v) is 3.32. The molecule has 0 bridgehead atoms. The number of alkyl halides is 1. The van der Waals surface area contributed by atoms with Crippen LogP contribution < -0.4 is 0 Å². The number of rotatable bonds is 1. The van der Waals surface area contributed by atoms with E-state index in [1.54, 1.807) is 0 Å². The van der Waals surface area contributed by atoms with Crippen LogP contribution >= 0.6 is 22.6 Å². The monoisotopic (exact) mass is 242 g/mol. The average Bonchev–Trinajstić information content (AvgIpc) is 2.10. The summed E-state index contributed by atoms with van der Waals surface area (Å²) in [5.74, 6) is 0. The van der Waals surface area contributed by atoms with Gasteiger partial charge in [0.1, 0.15) is 0 Å². The smallest absolute Gasteiger partial charge is 0.0927 e. The number of hydrogen-bond acceptors (Lipinski definition) is 2. The van der Waals surface area contributed by atoms with Crippen LogP contribution in [0.2, 0.25) is 0 Å². The highest BCUT2D eigenvalue weighted by molar-refractivity contribution is 14.1. The minimum Gasteiger partial charge on any atom is -0.390 e. The molecule has 0 saturated carbocycles. The summed E-state index contributed by atoms with van der Waals surface area (Å²) in [6, 6.07) is 0. The highest BCUT2D eigenvalue weighted by Gasteiger charge is 2.29. The Morgan fingerprint density at radius 3 is 2.67 bits per heavy atom. The standard InChI is InChI=1S/C6H11IO2/c1-4-2-5(8)6(3-7)9-4/h4-6,8H,2-3H2,1H3/t4-,5+,6+/m1/s1. The average molecular weight is 242 g/mol. The van der Waals surface area contributed by atoms with E-state index in [0.29, 0.717) is 0 Å². The summed E-state index contributed by atoms with van der Waals surface area (Å²) in [7, 11) is 0. The lowest BCUT2D eigenvalue weighted by atomic mass is 10.2. The van der Waals surface area contributed by atoms with Crippen LogP contribution in [-0.4, -0.2) is 27.8 Å². The second kappa shape index (κ2) is 3.16. The van der Waals surface area contributed by atoms with E-state index in [1.807, 2.05) is 6.92 Å². The maximum absolute atomic E-state index is 9.23. The first kappa shape index (κ1) is 7.75. The molecular weight excluding hydrogens is 231 g/mol. The highest BCUT2D eigenvalue weighted by atomic mass is 127. The fraction of sp³-hybridized carbons (Fsp3) is 1.00. The summed E-state index contributed by atoms with van der Waals surface area (Å²) in [4.78, 5) is 0. The van der Waals surface area contributed by atoms with E-state index in [2.05, 4.69) is 22.6 Å². The zero-order chi connectivity index (χ0) is 6.85. The van der Waals surface area contributed by atoms with Crippen LogP contribution in [0.3, 0.4) is 0 Å². The van der Waals surface area contributed by atoms with E-state index in [4.69, 9.17) is 4.74 Å². The number of hydrogen-bond donors (Lipinski definition) is 1. The van der Waals surface area contributed by atoms with E-state index in [1.165, 1.54) is 0 Å². The van der Waals surface area contributed by atoms with Crippen molar-refractivity contribution in [3.05, 3.63) is 0 Å². The summed E-state index contributed by atoms with van der Waals surface area (Å²) in [5, 5.41) is 9.23. The van der Waals surface area contributed by atoms with Gasteiger partial charge in [-0.2, -0.15) is 0 Å². The van der Waals surface area contributed by atoms with E-state index in [9.17, 15) is 5.11 Å². The van der Waals surface area contributed by atoms with E-state index in [0.717, 1.165) is 10.8 Å². The van der Waals surface area contributed by atoms with Gasteiger partial charge in [0.05, 0.1) is 18.3 Å². The molecular formula is C6H11IO2. The number of aliphatic hydroxyl groups excluding tert-OH is 1. The van der Waals surface area contributed by atoms with E-state index >= 15 is 0 Å². The molecule has 1 aliphatic rings. The SMILES string of the molecule is C[C@@H]1C[C@H](O)[C@H](CI)O1. The number of aliphatic hydroxyl groups is 1. The zero-order valence-electron chi connectivity index (χ0n) is 5.38. The Hall–Kier alpha value is 0.650. The van der Waals surface area contributed by atoms with Gasteiger partial charge < -0.3 is 9.84 Å². The Labute approximate surface area is 68.7 Å². The molecule has 0 radical (unpaired) electrons. The van der Waals surface area contributed by atoms with Crippen molar-refractivity contribution >= 4 is 22.6 Å². The van der Waals surface area contributed by atoms with Crippen molar-refractivity contribution in [1.82, 2.24) is 0 Å². The normalized spacial score (nSPS) is 43.7. The van der Waals surface area contributed by atoms with Crippen molar-refractivity contribution in [1.29, 1.82) is 0 Å².